The zero-order valence-corrected chi connectivity index (χ0v) is 11.8. The van der Waals surface area contributed by atoms with E-state index in [1.54, 1.807) is 24.4 Å². The molecule has 0 N–H and O–H groups in total. The predicted molar refractivity (Wildman–Crippen MR) is 71.6 cm³/mol. The maximum Gasteiger partial charge on any atom is 0.250 e. The molecular weight excluding hydrogens is 353 g/mol. The molecule has 0 radical (unpaired) electrons. The van der Waals surface area contributed by atoms with Crippen molar-refractivity contribution in [1.82, 2.24) is 4.57 Å². The fourth-order valence-corrected chi connectivity index (χ4v) is 2.25. The monoisotopic (exact) mass is 359 g/mol. The molecule has 2 aromatic rings. The standard InChI is InChI=1S/C12H8Br2FNO/c13-9-4-5-11(17)16(7-9)6-8-2-1-3-10(15)12(8)14/h1-5,7H,6H2. The van der Waals surface area contributed by atoms with E-state index in [0.717, 1.165) is 10.0 Å². The van der Waals surface area contributed by atoms with Crippen molar-refractivity contribution in [1.29, 1.82) is 0 Å². The van der Waals surface area contributed by atoms with Gasteiger partial charge in [0.15, 0.2) is 0 Å². The Kier molecular flexibility index (Phi) is 3.79. The van der Waals surface area contributed by atoms with E-state index in [2.05, 4.69) is 31.9 Å². The van der Waals surface area contributed by atoms with Crippen molar-refractivity contribution in [2.45, 2.75) is 6.54 Å². The summed E-state index contributed by atoms with van der Waals surface area (Å²) in [7, 11) is 0. The fraction of sp³-hybridized carbons (Fsp3) is 0.0833. The van der Waals surface area contributed by atoms with Crippen molar-refractivity contribution in [2.24, 2.45) is 0 Å². The summed E-state index contributed by atoms with van der Waals surface area (Å²) < 4.78 is 16.0. The van der Waals surface area contributed by atoms with Crippen LogP contribution in [0.4, 0.5) is 4.39 Å². The first-order chi connectivity index (χ1) is 8.08. The number of hydrogen-bond acceptors (Lipinski definition) is 1. The van der Waals surface area contributed by atoms with Gasteiger partial charge in [-0.05, 0) is 49.6 Å². The van der Waals surface area contributed by atoms with E-state index in [9.17, 15) is 9.18 Å². The third-order valence-electron chi connectivity index (χ3n) is 2.32. The normalized spacial score (nSPS) is 10.5. The minimum atomic E-state index is -0.328. The summed E-state index contributed by atoms with van der Waals surface area (Å²) in [5, 5.41) is 0. The zero-order chi connectivity index (χ0) is 12.4. The van der Waals surface area contributed by atoms with Crippen LogP contribution < -0.4 is 5.56 Å². The molecule has 5 heteroatoms. The first kappa shape index (κ1) is 12.5. The number of halogens is 3. The molecule has 0 aliphatic heterocycles. The molecule has 0 bridgehead atoms. The van der Waals surface area contributed by atoms with Gasteiger partial charge >= 0.3 is 0 Å². The topological polar surface area (TPSA) is 22.0 Å². The Labute approximate surface area is 114 Å². The van der Waals surface area contributed by atoms with Gasteiger partial charge in [-0.15, -0.1) is 0 Å². The molecule has 2 rings (SSSR count). The van der Waals surface area contributed by atoms with Gasteiger partial charge in [0.05, 0.1) is 11.0 Å². The number of pyridine rings is 1. The zero-order valence-electron chi connectivity index (χ0n) is 8.66. The van der Waals surface area contributed by atoms with E-state index in [1.165, 1.54) is 16.7 Å². The van der Waals surface area contributed by atoms with Crippen LogP contribution in [0.15, 0.2) is 50.3 Å². The van der Waals surface area contributed by atoms with Gasteiger partial charge in [0.1, 0.15) is 5.82 Å². The van der Waals surface area contributed by atoms with Gasteiger partial charge in [0.2, 0.25) is 0 Å². The van der Waals surface area contributed by atoms with Gasteiger partial charge in [-0.25, -0.2) is 4.39 Å². The minimum absolute atomic E-state index is 0.121. The SMILES string of the molecule is O=c1ccc(Br)cn1Cc1cccc(F)c1Br. The smallest absolute Gasteiger partial charge is 0.250 e. The summed E-state index contributed by atoms with van der Waals surface area (Å²) in [5.41, 5.74) is 0.606. The fourth-order valence-electron chi connectivity index (χ4n) is 1.48. The van der Waals surface area contributed by atoms with Crippen molar-refractivity contribution < 1.29 is 4.39 Å². The Bertz CT molecular complexity index is 610. The summed E-state index contributed by atoms with van der Waals surface area (Å²) in [5.74, 6) is -0.328. The lowest BCUT2D eigenvalue weighted by Crippen LogP contribution is -2.19. The van der Waals surface area contributed by atoms with Gasteiger partial charge in [-0.2, -0.15) is 0 Å². The van der Waals surface area contributed by atoms with E-state index >= 15 is 0 Å². The number of rotatable bonds is 2. The Morgan fingerprint density at radius 2 is 1.94 bits per heavy atom. The molecule has 1 aromatic heterocycles. The summed E-state index contributed by atoms with van der Waals surface area (Å²) in [6, 6.07) is 7.92. The first-order valence-electron chi connectivity index (χ1n) is 4.87. The third kappa shape index (κ3) is 2.84. The summed E-state index contributed by atoms with van der Waals surface area (Å²) in [6.07, 6.45) is 1.68. The molecule has 0 unspecified atom stereocenters. The number of nitrogens with zero attached hydrogens (tertiary/aromatic N) is 1. The van der Waals surface area contributed by atoms with E-state index in [-0.39, 0.29) is 11.4 Å². The van der Waals surface area contributed by atoms with Crippen LogP contribution >= 0.6 is 31.9 Å². The predicted octanol–water partition coefficient (Wildman–Crippen LogP) is 3.56. The lowest BCUT2D eigenvalue weighted by atomic mass is 10.2. The van der Waals surface area contributed by atoms with Crippen LogP contribution in [0.25, 0.3) is 0 Å². The molecule has 17 heavy (non-hydrogen) atoms. The molecule has 0 atom stereocenters. The van der Waals surface area contributed by atoms with Crippen LogP contribution in [0.1, 0.15) is 5.56 Å². The van der Waals surface area contributed by atoms with Gasteiger partial charge in [-0.3, -0.25) is 4.79 Å². The van der Waals surface area contributed by atoms with Crippen LogP contribution in [0.3, 0.4) is 0 Å². The second-order valence-electron chi connectivity index (χ2n) is 3.53. The lowest BCUT2D eigenvalue weighted by Gasteiger charge is -2.08. The van der Waals surface area contributed by atoms with Gasteiger partial charge in [-0.1, -0.05) is 12.1 Å². The van der Waals surface area contributed by atoms with Crippen LogP contribution in [0.5, 0.6) is 0 Å². The maximum absolute atomic E-state index is 13.3. The Morgan fingerprint density at radius 1 is 1.18 bits per heavy atom. The summed E-state index contributed by atoms with van der Waals surface area (Å²) >= 11 is 6.48. The van der Waals surface area contributed by atoms with Crippen molar-refractivity contribution in [2.75, 3.05) is 0 Å². The Hall–Kier alpha value is -0.940. The third-order valence-corrected chi connectivity index (χ3v) is 3.68. The van der Waals surface area contributed by atoms with E-state index < -0.39 is 0 Å². The molecule has 88 valence electrons. The molecule has 0 fully saturated rings. The quantitative estimate of drug-likeness (QED) is 0.802. The molecular formula is C12H8Br2FNO. The number of hydrogen-bond donors (Lipinski definition) is 0. The molecule has 1 aromatic carbocycles. The second kappa shape index (κ2) is 5.14. The van der Waals surface area contributed by atoms with Crippen LogP contribution in [-0.2, 0) is 6.54 Å². The van der Waals surface area contributed by atoms with Crippen molar-refractivity contribution >= 4 is 31.9 Å². The van der Waals surface area contributed by atoms with Crippen LogP contribution in [0, 0.1) is 5.82 Å². The first-order valence-corrected chi connectivity index (χ1v) is 6.45. The van der Waals surface area contributed by atoms with Crippen molar-refractivity contribution in [3.05, 3.63) is 67.2 Å². The molecule has 1 heterocycles. The highest BCUT2D eigenvalue weighted by molar-refractivity contribution is 9.10. The minimum Gasteiger partial charge on any atom is -0.310 e. The molecule has 0 amide bonds. The van der Waals surface area contributed by atoms with Crippen LogP contribution in [-0.4, -0.2) is 4.57 Å². The van der Waals surface area contributed by atoms with Gasteiger partial charge < -0.3 is 4.57 Å². The molecule has 2 nitrogen and oxygen atoms in total. The van der Waals surface area contributed by atoms with E-state index in [1.807, 2.05) is 0 Å². The van der Waals surface area contributed by atoms with E-state index in [4.69, 9.17) is 0 Å². The largest absolute Gasteiger partial charge is 0.310 e. The molecule has 0 spiro atoms. The highest BCUT2D eigenvalue weighted by Crippen LogP contribution is 2.21. The number of benzene rings is 1. The Morgan fingerprint density at radius 3 is 2.71 bits per heavy atom. The highest BCUT2D eigenvalue weighted by atomic mass is 79.9. The van der Waals surface area contributed by atoms with Gasteiger partial charge in [0, 0.05) is 16.7 Å². The molecule has 0 saturated carbocycles. The number of aromatic nitrogens is 1. The average Bonchev–Trinajstić information content (AvgIpc) is 2.30. The molecule has 0 aliphatic carbocycles. The molecule has 0 saturated heterocycles. The van der Waals surface area contributed by atoms with E-state index in [0.29, 0.717) is 11.0 Å². The lowest BCUT2D eigenvalue weighted by molar-refractivity contribution is 0.615. The summed E-state index contributed by atoms with van der Waals surface area (Å²) in [6.45, 7) is 0.330. The van der Waals surface area contributed by atoms with Crippen LogP contribution in [0.2, 0.25) is 0 Å². The molecule has 0 aliphatic rings. The Balaban J connectivity index is 2.41. The highest BCUT2D eigenvalue weighted by Gasteiger charge is 2.06. The summed E-state index contributed by atoms with van der Waals surface area (Å²) in [4.78, 5) is 11.6. The van der Waals surface area contributed by atoms with Crippen molar-refractivity contribution in [3.8, 4) is 0 Å². The average molecular weight is 361 g/mol. The maximum atomic E-state index is 13.3. The second-order valence-corrected chi connectivity index (χ2v) is 5.24. The van der Waals surface area contributed by atoms with Crippen molar-refractivity contribution in [3.63, 3.8) is 0 Å². The van der Waals surface area contributed by atoms with Gasteiger partial charge in [0.25, 0.3) is 5.56 Å².